The lowest BCUT2D eigenvalue weighted by molar-refractivity contribution is -0.132. The SMILES string of the molecule is CC(C)(C)OC(=O)N1CC(N2CCC(S(=O)(=O)N(Cc3ccc(CNNC(=O)C(F)F)cc3F)c3ccc(F)c(Cl)c3)CC2)C1. The number of hydrazine groups is 1. The highest BCUT2D eigenvalue weighted by atomic mass is 35.5. The van der Waals surface area contributed by atoms with E-state index in [1.54, 1.807) is 31.1 Å². The van der Waals surface area contributed by atoms with Crippen molar-refractivity contribution in [3.8, 4) is 0 Å². The Bertz CT molecular complexity index is 1500. The zero-order chi connectivity index (χ0) is 33.1. The average Bonchev–Trinajstić information content (AvgIpc) is 2.92. The summed E-state index contributed by atoms with van der Waals surface area (Å²) in [6.45, 7) is 6.69. The third-order valence-corrected chi connectivity index (χ3v) is 10.1. The maximum Gasteiger partial charge on any atom is 0.410 e. The number of amides is 2. The Labute approximate surface area is 264 Å². The van der Waals surface area contributed by atoms with E-state index < -0.39 is 51.4 Å². The number of halogens is 5. The van der Waals surface area contributed by atoms with E-state index in [2.05, 4.69) is 10.3 Å². The fraction of sp³-hybridized carbons (Fsp3) is 0.517. The van der Waals surface area contributed by atoms with Gasteiger partial charge in [0.15, 0.2) is 0 Å². The fourth-order valence-electron chi connectivity index (χ4n) is 5.12. The molecule has 2 heterocycles. The molecule has 0 spiro atoms. The second-order valence-electron chi connectivity index (χ2n) is 12.0. The largest absolute Gasteiger partial charge is 0.444 e. The molecule has 0 aromatic heterocycles. The van der Waals surface area contributed by atoms with Crippen molar-refractivity contribution in [2.24, 2.45) is 0 Å². The Kier molecular flexibility index (Phi) is 10.9. The van der Waals surface area contributed by atoms with Gasteiger partial charge in [0.05, 0.1) is 22.5 Å². The molecule has 2 aromatic carbocycles. The minimum absolute atomic E-state index is 0.00790. The van der Waals surface area contributed by atoms with Crippen molar-refractivity contribution in [1.82, 2.24) is 20.7 Å². The van der Waals surface area contributed by atoms with Crippen molar-refractivity contribution in [1.29, 1.82) is 0 Å². The van der Waals surface area contributed by atoms with Crippen LogP contribution in [0.15, 0.2) is 36.4 Å². The summed E-state index contributed by atoms with van der Waals surface area (Å²) >= 11 is 5.99. The molecule has 2 fully saturated rings. The lowest BCUT2D eigenvalue weighted by Crippen LogP contribution is -2.63. The molecule has 2 N–H and O–H groups in total. The van der Waals surface area contributed by atoms with Crippen LogP contribution < -0.4 is 15.2 Å². The Morgan fingerprint density at radius 1 is 1.07 bits per heavy atom. The van der Waals surface area contributed by atoms with Gasteiger partial charge in [-0.05, 0) is 76.5 Å². The molecule has 0 radical (unpaired) electrons. The molecule has 45 heavy (non-hydrogen) atoms. The highest BCUT2D eigenvalue weighted by Gasteiger charge is 2.41. The van der Waals surface area contributed by atoms with Crippen LogP contribution in [0.1, 0.15) is 44.7 Å². The number of likely N-dealkylation sites (tertiary alicyclic amines) is 2. The number of hydrogen-bond donors (Lipinski definition) is 2. The first-order valence-corrected chi connectivity index (χ1v) is 16.2. The van der Waals surface area contributed by atoms with E-state index in [1.807, 2.05) is 0 Å². The summed E-state index contributed by atoms with van der Waals surface area (Å²) in [5.74, 6) is -3.04. The number of carbonyl (C=O) groups excluding carboxylic acids is 2. The van der Waals surface area contributed by atoms with Gasteiger partial charge >= 0.3 is 18.4 Å². The van der Waals surface area contributed by atoms with Gasteiger partial charge in [-0.25, -0.2) is 27.4 Å². The van der Waals surface area contributed by atoms with Gasteiger partial charge in [-0.3, -0.25) is 19.4 Å². The van der Waals surface area contributed by atoms with Crippen molar-refractivity contribution < 1.29 is 40.3 Å². The zero-order valence-electron chi connectivity index (χ0n) is 25.0. The minimum Gasteiger partial charge on any atom is -0.444 e. The Hall–Kier alpha value is -3.14. The number of nitrogens with zero attached hydrogens (tertiary/aromatic N) is 3. The smallest absolute Gasteiger partial charge is 0.410 e. The highest BCUT2D eigenvalue weighted by molar-refractivity contribution is 7.93. The molecule has 4 rings (SSSR count). The predicted octanol–water partition coefficient (Wildman–Crippen LogP) is 4.42. The number of hydrogen-bond acceptors (Lipinski definition) is 7. The number of rotatable bonds is 10. The summed E-state index contributed by atoms with van der Waals surface area (Å²) in [5.41, 5.74) is 3.85. The van der Waals surface area contributed by atoms with E-state index in [9.17, 15) is 31.2 Å². The number of piperidine rings is 1. The van der Waals surface area contributed by atoms with Gasteiger partial charge in [0.25, 0.3) is 0 Å². The molecule has 2 aromatic rings. The minimum atomic E-state index is -4.10. The van der Waals surface area contributed by atoms with E-state index >= 15 is 4.39 Å². The van der Waals surface area contributed by atoms with Gasteiger partial charge in [-0.1, -0.05) is 23.7 Å². The van der Waals surface area contributed by atoms with E-state index in [4.69, 9.17) is 16.3 Å². The molecule has 0 atom stereocenters. The molecule has 2 saturated heterocycles. The Balaban J connectivity index is 1.44. The van der Waals surface area contributed by atoms with Crippen LogP contribution in [0.25, 0.3) is 0 Å². The van der Waals surface area contributed by atoms with Crippen LogP contribution in [-0.2, 0) is 32.6 Å². The molecule has 0 saturated carbocycles. The number of nitrogens with one attached hydrogen (secondary N) is 2. The van der Waals surface area contributed by atoms with Gasteiger partial charge in [0, 0.05) is 31.2 Å². The number of anilines is 1. The zero-order valence-corrected chi connectivity index (χ0v) is 26.6. The predicted molar refractivity (Wildman–Crippen MR) is 160 cm³/mol. The Morgan fingerprint density at radius 2 is 1.73 bits per heavy atom. The normalized spacial score (nSPS) is 16.9. The monoisotopic (exact) mass is 677 g/mol. The third kappa shape index (κ3) is 8.77. The first-order valence-electron chi connectivity index (χ1n) is 14.3. The van der Waals surface area contributed by atoms with Gasteiger partial charge in [0.2, 0.25) is 10.0 Å². The average molecular weight is 678 g/mol. The number of alkyl halides is 2. The molecule has 0 aliphatic carbocycles. The van der Waals surface area contributed by atoms with Gasteiger partial charge in [0.1, 0.15) is 17.2 Å². The van der Waals surface area contributed by atoms with Crippen molar-refractivity contribution in [3.63, 3.8) is 0 Å². The van der Waals surface area contributed by atoms with Crippen molar-refractivity contribution in [2.75, 3.05) is 30.5 Å². The second-order valence-corrected chi connectivity index (χ2v) is 14.5. The van der Waals surface area contributed by atoms with Crippen LogP contribution in [0.4, 0.5) is 28.0 Å². The molecule has 10 nitrogen and oxygen atoms in total. The molecular weight excluding hydrogens is 642 g/mol. The second kappa shape index (κ2) is 14.1. The molecule has 248 valence electrons. The van der Waals surface area contributed by atoms with Gasteiger partial charge in [-0.2, -0.15) is 8.78 Å². The lowest BCUT2D eigenvalue weighted by Gasteiger charge is -2.47. The maximum absolute atomic E-state index is 15.2. The van der Waals surface area contributed by atoms with Crippen LogP contribution in [-0.4, -0.2) is 79.7 Å². The molecule has 0 bridgehead atoms. The van der Waals surface area contributed by atoms with Crippen LogP contribution >= 0.6 is 11.6 Å². The van der Waals surface area contributed by atoms with Crippen LogP contribution in [0.3, 0.4) is 0 Å². The van der Waals surface area contributed by atoms with Gasteiger partial charge < -0.3 is 9.64 Å². The fourth-order valence-corrected chi connectivity index (χ4v) is 7.19. The summed E-state index contributed by atoms with van der Waals surface area (Å²) in [5, 5.41) is -1.11. The standard InChI is InChI=1S/C29H36ClF4N5O5S/c1-29(2,3)44-28(41)38-16-21(17-38)37-10-8-22(9-11-37)45(42,43)39(20-6-7-24(31)23(30)13-20)15-19-5-4-18(12-25(19)32)14-35-36-27(40)26(33)34/h4-7,12-13,21-22,26,35H,8-11,14-17H2,1-3H3,(H,36,40). The number of benzene rings is 2. The molecule has 2 aliphatic rings. The lowest BCUT2D eigenvalue weighted by atomic mass is 10.0. The van der Waals surface area contributed by atoms with E-state index in [0.717, 1.165) is 16.4 Å². The number of ether oxygens (including phenoxy) is 1. The molecule has 2 amide bonds. The van der Waals surface area contributed by atoms with Crippen LogP contribution in [0.2, 0.25) is 5.02 Å². The highest BCUT2D eigenvalue weighted by Crippen LogP contribution is 2.32. The summed E-state index contributed by atoms with van der Waals surface area (Å²) in [4.78, 5) is 27.1. The summed E-state index contributed by atoms with van der Waals surface area (Å²) in [6, 6.07) is 7.45. The van der Waals surface area contributed by atoms with E-state index in [0.29, 0.717) is 31.7 Å². The molecule has 2 aliphatic heterocycles. The molecule has 16 heteroatoms. The Morgan fingerprint density at radius 3 is 2.31 bits per heavy atom. The van der Waals surface area contributed by atoms with E-state index in [-0.39, 0.29) is 47.8 Å². The third-order valence-electron chi connectivity index (χ3n) is 7.56. The quantitative estimate of drug-likeness (QED) is 0.283. The van der Waals surface area contributed by atoms with Crippen LogP contribution in [0.5, 0.6) is 0 Å². The van der Waals surface area contributed by atoms with Crippen LogP contribution in [0, 0.1) is 11.6 Å². The molecular formula is C29H36ClF4N5O5S. The summed E-state index contributed by atoms with van der Waals surface area (Å²) in [6.07, 6.45) is -3.04. The summed E-state index contributed by atoms with van der Waals surface area (Å²) < 4.78 is 88.4. The first kappa shape index (κ1) is 34.7. The molecule has 0 unspecified atom stereocenters. The van der Waals surface area contributed by atoms with Crippen molar-refractivity contribution >= 4 is 39.3 Å². The maximum atomic E-state index is 15.2. The number of sulfonamides is 1. The van der Waals surface area contributed by atoms with E-state index in [1.165, 1.54) is 24.3 Å². The summed E-state index contributed by atoms with van der Waals surface area (Å²) in [7, 11) is -4.10. The van der Waals surface area contributed by atoms with Crippen molar-refractivity contribution in [3.05, 3.63) is 64.2 Å². The van der Waals surface area contributed by atoms with Gasteiger partial charge in [-0.15, -0.1) is 0 Å². The first-order chi connectivity index (χ1) is 21.0. The topological polar surface area (TPSA) is 111 Å². The number of carbonyl (C=O) groups is 2. The van der Waals surface area contributed by atoms with Crippen molar-refractivity contribution in [2.45, 2.75) is 70.0 Å².